The standard InChI is InChI=1S/C16H15BrClN5O/c1-9-6-10(2)23-16(19-9)20-14(21-23)8-15(24)22(3)13-5-4-11(17)7-12(13)18/h4-7H,8H2,1-3H3. The molecule has 3 aromatic rings. The number of fused-ring (bicyclic) bond motifs is 1. The molecule has 0 unspecified atom stereocenters. The summed E-state index contributed by atoms with van der Waals surface area (Å²) in [5.74, 6) is 0.783. The fraction of sp³-hybridized carbons (Fsp3) is 0.250. The monoisotopic (exact) mass is 407 g/mol. The third-order valence-electron chi connectivity index (χ3n) is 3.62. The summed E-state index contributed by atoms with van der Waals surface area (Å²) in [6.07, 6.45) is 0.0741. The van der Waals surface area contributed by atoms with Crippen molar-refractivity contribution in [3.05, 3.63) is 51.0 Å². The Morgan fingerprint density at radius 3 is 2.75 bits per heavy atom. The Morgan fingerprint density at radius 2 is 2.04 bits per heavy atom. The van der Waals surface area contributed by atoms with Crippen LogP contribution in [0.15, 0.2) is 28.7 Å². The predicted octanol–water partition coefficient (Wildman–Crippen LogP) is 3.36. The molecule has 6 nitrogen and oxygen atoms in total. The molecule has 0 spiro atoms. The van der Waals surface area contributed by atoms with Gasteiger partial charge in [0.15, 0.2) is 5.82 Å². The molecule has 3 rings (SSSR count). The number of benzene rings is 1. The first kappa shape index (κ1) is 16.9. The smallest absolute Gasteiger partial charge is 0.252 e. The highest BCUT2D eigenvalue weighted by molar-refractivity contribution is 9.10. The van der Waals surface area contributed by atoms with Crippen LogP contribution in [-0.2, 0) is 11.2 Å². The zero-order valence-corrected chi connectivity index (χ0v) is 15.8. The van der Waals surface area contributed by atoms with Gasteiger partial charge in [0.2, 0.25) is 5.91 Å². The predicted molar refractivity (Wildman–Crippen MR) is 96.5 cm³/mol. The number of amides is 1. The van der Waals surface area contributed by atoms with Crippen LogP contribution in [0.2, 0.25) is 5.02 Å². The zero-order valence-electron chi connectivity index (χ0n) is 13.4. The summed E-state index contributed by atoms with van der Waals surface area (Å²) in [6, 6.07) is 7.29. The Morgan fingerprint density at radius 1 is 1.29 bits per heavy atom. The number of anilines is 1. The molecular formula is C16H15BrClN5O. The molecule has 124 valence electrons. The fourth-order valence-electron chi connectivity index (χ4n) is 2.42. The number of hydrogen-bond donors (Lipinski definition) is 0. The Kier molecular flexibility index (Phi) is 4.56. The van der Waals surface area contributed by atoms with Gasteiger partial charge in [-0.3, -0.25) is 4.79 Å². The lowest BCUT2D eigenvalue weighted by atomic mass is 10.2. The van der Waals surface area contributed by atoms with Crippen molar-refractivity contribution in [3.8, 4) is 0 Å². The number of halogens is 2. The molecule has 0 bridgehead atoms. The van der Waals surface area contributed by atoms with Crippen LogP contribution in [0, 0.1) is 13.8 Å². The zero-order chi connectivity index (χ0) is 17.4. The quantitative estimate of drug-likeness (QED) is 0.666. The number of rotatable bonds is 3. The molecule has 0 N–H and O–H groups in total. The summed E-state index contributed by atoms with van der Waals surface area (Å²) < 4.78 is 2.50. The van der Waals surface area contributed by atoms with Crippen molar-refractivity contribution in [2.75, 3.05) is 11.9 Å². The van der Waals surface area contributed by atoms with Crippen molar-refractivity contribution in [2.24, 2.45) is 0 Å². The van der Waals surface area contributed by atoms with Gasteiger partial charge < -0.3 is 4.90 Å². The second-order valence-electron chi connectivity index (χ2n) is 5.50. The van der Waals surface area contributed by atoms with Gasteiger partial charge in [-0.1, -0.05) is 27.5 Å². The number of likely N-dealkylation sites (N-methyl/N-ethyl adjacent to an activating group) is 1. The maximum Gasteiger partial charge on any atom is 0.252 e. The third-order valence-corrected chi connectivity index (χ3v) is 4.41. The fourth-order valence-corrected chi connectivity index (χ4v) is 3.22. The molecule has 0 saturated carbocycles. The highest BCUT2D eigenvalue weighted by Crippen LogP contribution is 2.28. The van der Waals surface area contributed by atoms with Gasteiger partial charge in [-0.25, -0.2) is 9.50 Å². The van der Waals surface area contributed by atoms with E-state index in [4.69, 9.17) is 11.6 Å². The molecule has 1 aromatic carbocycles. The molecule has 0 fully saturated rings. The molecule has 0 atom stereocenters. The lowest BCUT2D eigenvalue weighted by Gasteiger charge is -2.18. The van der Waals surface area contributed by atoms with Crippen LogP contribution in [0.1, 0.15) is 17.2 Å². The highest BCUT2D eigenvalue weighted by Gasteiger charge is 2.18. The van der Waals surface area contributed by atoms with Crippen LogP contribution in [0.4, 0.5) is 5.69 Å². The van der Waals surface area contributed by atoms with Gasteiger partial charge >= 0.3 is 0 Å². The minimum Gasteiger partial charge on any atom is -0.314 e. The van der Waals surface area contributed by atoms with Crippen molar-refractivity contribution in [2.45, 2.75) is 20.3 Å². The average molecular weight is 409 g/mol. The van der Waals surface area contributed by atoms with Crippen LogP contribution in [-0.4, -0.2) is 32.5 Å². The van der Waals surface area contributed by atoms with E-state index in [1.54, 1.807) is 23.7 Å². The van der Waals surface area contributed by atoms with Gasteiger partial charge in [0.1, 0.15) is 0 Å². The molecule has 0 aliphatic rings. The molecule has 0 radical (unpaired) electrons. The molecule has 2 aromatic heterocycles. The Bertz CT molecular complexity index is 940. The topological polar surface area (TPSA) is 63.4 Å². The summed E-state index contributed by atoms with van der Waals surface area (Å²) in [5.41, 5.74) is 2.43. The van der Waals surface area contributed by atoms with Gasteiger partial charge in [0.25, 0.3) is 5.78 Å². The van der Waals surface area contributed by atoms with E-state index in [0.717, 1.165) is 15.9 Å². The van der Waals surface area contributed by atoms with E-state index >= 15 is 0 Å². The van der Waals surface area contributed by atoms with Crippen molar-refractivity contribution in [3.63, 3.8) is 0 Å². The third kappa shape index (κ3) is 3.27. The molecule has 0 saturated heterocycles. The first-order valence-corrected chi connectivity index (χ1v) is 8.44. The van der Waals surface area contributed by atoms with E-state index in [0.29, 0.717) is 22.3 Å². The van der Waals surface area contributed by atoms with Crippen LogP contribution in [0.3, 0.4) is 0 Å². The minimum atomic E-state index is -0.149. The van der Waals surface area contributed by atoms with E-state index in [-0.39, 0.29) is 12.3 Å². The van der Waals surface area contributed by atoms with Crippen LogP contribution < -0.4 is 4.90 Å². The number of carbonyl (C=O) groups excluding carboxylic acids is 1. The summed E-state index contributed by atoms with van der Waals surface area (Å²) in [7, 11) is 1.68. The van der Waals surface area contributed by atoms with Gasteiger partial charge in [-0.2, -0.15) is 4.98 Å². The lowest BCUT2D eigenvalue weighted by Crippen LogP contribution is -2.28. The van der Waals surface area contributed by atoms with Gasteiger partial charge in [0, 0.05) is 22.9 Å². The Balaban J connectivity index is 1.85. The molecule has 2 heterocycles. The highest BCUT2D eigenvalue weighted by atomic mass is 79.9. The first-order chi connectivity index (χ1) is 11.3. The number of nitrogens with zero attached hydrogens (tertiary/aromatic N) is 5. The van der Waals surface area contributed by atoms with Crippen molar-refractivity contribution in [1.82, 2.24) is 19.6 Å². The van der Waals surface area contributed by atoms with Gasteiger partial charge in [-0.05, 0) is 38.1 Å². The summed E-state index contributed by atoms with van der Waals surface area (Å²) in [4.78, 5) is 22.7. The van der Waals surface area contributed by atoms with Gasteiger partial charge in [0.05, 0.1) is 17.1 Å². The van der Waals surface area contributed by atoms with Crippen molar-refractivity contribution < 1.29 is 4.79 Å². The number of aromatic nitrogens is 4. The SMILES string of the molecule is Cc1cc(C)n2nc(CC(=O)N(C)c3ccc(Br)cc3Cl)nc2n1. The normalized spacial score (nSPS) is 11.0. The van der Waals surface area contributed by atoms with Gasteiger partial charge in [-0.15, -0.1) is 5.10 Å². The molecule has 0 aliphatic heterocycles. The van der Waals surface area contributed by atoms with Crippen LogP contribution in [0.5, 0.6) is 0 Å². The summed E-state index contributed by atoms with van der Waals surface area (Å²) in [5, 5.41) is 4.86. The number of carbonyl (C=O) groups is 1. The largest absolute Gasteiger partial charge is 0.314 e. The summed E-state index contributed by atoms with van der Waals surface area (Å²) >= 11 is 9.56. The maximum absolute atomic E-state index is 12.5. The molecule has 24 heavy (non-hydrogen) atoms. The molecule has 1 amide bonds. The van der Waals surface area contributed by atoms with Crippen molar-refractivity contribution >= 4 is 44.9 Å². The van der Waals surface area contributed by atoms with E-state index < -0.39 is 0 Å². The summed E-state index contributed by atoms with van der Waals surface area (Å²) in [6.45, 7) is 3.82. The van der Waals surface area contributed by atoms with Crippen LogP contribution >= 0.6 is 27.5 Å². The Hall–Kier alpha value is -1.99. The maximum atomic E-state index is 12.5. The first-order valence-electron chi connectivity index (χ1n) is 7.26. The van der Waals surface area contributed by atoms with E-state index in [1.807, 2.05) is 26.0 Å². The van der Waals surface area contributed by atoms with E-state index in [9.17, 15) is 4.79 Å². The van der Waals surface area contributed by atoms with E-state index in [1.165, 1.54) is 4.90 Å². The molecule has 8 heteroatoms. The lowest BCUT2D eigenvalue weighted by molar-refractivity contribution is -0.117. The molecule has 0 aliphatic carbocycles. The van der Waals surface area contributed by atoms with Crippen molar-refractivity contribution in [1.29, 1.82) is 0 Å². The van der Waals surface area contributed by atoms with E-state index in [2.05, 4.69) is 31.0 Å². The second-order valence-corrected chi connectivity index (χ2v) is 6.83. The number of hydrogen-bond acceptors (Lipinski definition) is 4. The van der Waals surface area contributed by atoms with Crippen LogP contribution in [0.25, 0.3) is 5.78 Å². The number of aryl methyl sites for hydroxylation is 2. The second kappa shape index (κ2) is 6.49. The molecular weight excluding hydrogens is 394 g/mol. The average Bonchev–Trinajstić information content (AvgIpc) is 2.89. The Labute approximate surface area is 152 Å². The minimum absolute atomic E-state index is 0.0741.